The number of piperazine rings is 1. The number of carbonyl (C=O) groups is 2. The fourth-order valence-electron chi connectivity index (χ4n) is 6.18. The van der Waals surface area contributed by atoms with Gasteiger partial charge in [0.1, 0.15) is 11.7 Å². The van der Waals surface area contributed by atoms with E-state index in [-0.39, 0.29) is 36.9 Å². The van der Waals surface area contributed by atoms with E-state index in [1.165, 1.54) is 0 Å². The van der Waals surface area contributed by atoms with Crippen molar-refractivity contribution in [3.05, 3.63) is 36.0 Å². The van der Waals surface area contributed by atoms with Crippen LogP contribution in [-0.2, 0) is 23.7 Å². The number of carbonyl (C=O) groups excluding carboxylic acids is 2. The third-order valence-corrected chi connectivity index (χ3v) is 9.80. The van der Waals surface area contributed by atoms with Gasteiger partial charge in [0.05, 0.1) is 36.4 Å². The molecule has 0 aromatic carbocycles. The summed E-state index contributed by atoms with van der Waals surface area (Å²) >= 11 is 0. The molecule has 0 aliphatic carbocycles. The Labute approximate surface area is 278 Å². The highest BCUT2D eigenvalue weighted by atomic mass is 16.6. The van der Waals surface area contributed by atoms with Crippen LogP contribution in [0, 0.1) is 11.8 Å². The highest BCUT2D eigenvalue weighted by Crippen LogP contribution is 2.37. The lowest BCUT2D eigenvalue weighted by Crippen LogP contribution is -2.50. The predicted molar refractivity (Wildman–Crippen MR) is 177 cm³/mol. The number of epoxide rings is 1. The first kappa shape index (κ1) is 36.6. The summed E-state index contributed by atoms with van der Waals surface area (Å²) in [5.74, 6) is -0.833. The molecular formula is C35H60N2O9. The van der Waals surface area contributed by atoms with Crippen LogP contribution in [0.5, 0.6) is 0 Å². The minimum atomic E-state index is -1.14. The van der Waals surface area contributed by atoms with Crippen LogP contribution in [0.4, 0.5) is 4.79 Å². The van der Waals surface area contributed by atoms with E-state index >= 15 is 0 Å². The van der Waals surface area contributed by atoms with Crippen LogP contribution in [-0.4, -0.2) is 125 Å². The summed E-state index contributed by atoms with van der Waals surface area (Å²) < 4.78 is 33.6. The summed E-state index contributed by atoms with van der Waals surface area (Å²) in [7, 11) is 3.58. The molecule has 1 amide bonds. The highest BCUT2D eigenvalue weighted by Gasteiger charge is 2.47. The Morgan fingerprint density at radius 1 is 1.30 bits per heavy atom. The normalized spacial score (nSPS) is 35.5. The van der Waals surface area contributed by atoms with Crippen molar-refractivity contribution in [3.63, 3.8) is 0 Å². The number of esters is 1. The van der Waals surface area contributed by atoms with E-state index in [2.05, 4.69) is 4.90 Å². The number of aliphatic hydroxyl groups is 3. The SMILES string of the molecule is CC[C@H](O)[C@@H](C)[C@H]1O[C@@H]1C[C@@](C)(O)/C=C/C=C(\C)[C@H]1OC(=O)C[C@H](O)CC[C@@](C)(OC)[C@@H](OC(=O)N2CCN(C)CC2)/C=C/[C@@H]1C.[2H][2H]. The smallest absolute Gasteiger partial charge is 0.410 e. The van der Waals surface area contributed by atoms with Crippen LogP contribution < -0.4 is 0 Å². The van der Waals surface area contributed by atoms with Gasteiger partial charge in [0.25, 0.3) is 0 Å². The molecule has 0 aromatic heterocycles. The van der Waals surface area contributed by atoms with E-state index in [4.69, 9.17) is 21.9 Å². The molecule has 3 aliphatic heterocycles. The number of hydrogen-bond donors (Lipinski definition) is 3. The summed E-state index contributed by atoms with van der Waals surface area (Å²) in [4.78, 5) is 29.9. The van der Waals surface area contributed by atoms with Gasteiger partial charge in [-0.05, 0) is 58.7 Å². The molecule has 264 valence electrons. The molecular weight excluding hydrogens is 592 g/mol. The standard InChI is InChI=1S/C35H58N2O9.H2/c1-9-27(39)25(4)32-28(44-32)22-34(5,42)15-10-11-23(2)31-24(3)12-13-29(45-33(41)37-19-17-36(7)18-20-37)35(6,43-8)16-14-26(38)21-30(40)46-31;/h10-13,15,24-29,31-32,38-39,42H,9,14,16-22H2,1-8H3;1H/b13-12+,15-10+,23-11+;/t24-,25+,26+,27-,28+,29-,31+,32+,34-,35+;/m0./s1/i;1+1D. The molecule has 2 saturated heterocycles. The molecule has 3 heterocycles. The molecule has 11 heteroatoms. The molecule has 0 radical (unpaired) electrons. The van der Waals surface area contributed by atoms with Gasteiger partial charge in [0, 0.05) is 54.5 Å². The largest absolute Gasteiger partial charge is 0.457 e. The quantitative estimate of drug-likeness (QED) is 0.138. The number of nitrogens with zero attached hydrogens (tertiary/aromatic N) is 2. The summed E-state index contributed by atoms with van der Waals surface area (Å²) in [5, 5.41) is 31.9. The van der Waals surface area contributed by atoms with Gasteiger partial charge in [-0.1, -0.05) is 45.1 Å². The third kappa shape index (κ3) is 10.9. The number of allylic oxidation sites excluding steroid dienone is 2. The second kappa shape index (κ2) is 16.7. The number of aliphatic hydroxyl groups excluding tert-OH is 2. The van der Waals surface area contributed by atoms with Crippen molar-refractivity contribution in [2.75, 3.05) is 40.3 Å². The summed E-state index contributed by atoms with van der Waals surface area (Å²) in [6.45, 7) is 13.9. The molecule has 2 fully saturated rings. The van der Waals surface area contributed by atoms with E-state index < -0.39 is 47.7 Å². The Hall–Kier alpha value is -2.28. The first-order valence-corrected chi connectivity index (χ1v) is 16.8. The van der Waals surface area contributed by atoms with Crippen LogP contribution >= 0.6 is 0 Å². The molecule has 0 saturated carbocycles. The number of hydrogen-bond acceptors (Lipinski definition) is 10. The maximum absolute atomic E-state index is 13.2. The second-order valence-electron chi connectivity index (χ2n) is 14.0. The number of methoxy groups -OCH3 is 1. The zero-order chi connectivity index (χ0) is 36.2. The molecule has 46 heavy (non-hydrogen) atoms. The van der Waals surface area contributed by atoms with Gasteiger partial charge in [-0.15, -0.1) is 0 Å². The Kier molecular flexibility index (Phi) is 13.3. The summed E-state index contributed by atoms with van der Waals surface area (Å²) in [6.07, 6.45) is 6.98. The zero-order valence-corrected chi connectivity index (χ0v) is 29.1. The molecule has 0 spiro atoms. The van der Waals surface area contributed by atoms with Gasteiger partial charge in [-0.2, -0.15) is 0 Å². The van der Waals surface area contributed by atoms with E-state index in [0.717, 1.165) is 18.7 Å². The predicted octanol–water partition coefficient (Wildman–Crippen LogP) is 3.86. The fraction of sp³-hybridized carbons (Fsp3) is 0.771. The van der Waals surface area contributed by atoms with Gasteiger partial charge < -0.3 is 44.1 Å². The van der Waals surface area contributed by atoms with E-state index in [9.17, 15) is 24.9 Å². The number of cyclic esters (lactones) is 1. The Bertz CT molecular complexity index is 1110. The number of ether oxygens (including phenoxy) is 4. The lowest BCUT2D eigenvalue weighted by molar-refractivity contribution is -0.151. The number of rotatable bonds is 10. The van der Waals surface area contributed by atoms with Crippen molar-refractivity contribution in [3.8, 4) is 0 Å². The van der Waals surface area contributed by atoms with Crippen LogP contribution in [0.1, 0.15) is 76.6 Å². The van der Waals surface area contributed by atoms with Crippen LogP contribution in [0.3, 0.4) is 0 Å². The van der Waals surface area contributed by atoms with Crippen molar-refractivity contribution in [2.24, 2.45) is 11.8 Å². The first-order valence-electron chi connectivity index (χ1n) is 17.8. The lowest BCUT2D eigenvalue weighted by Gasteiger charge is -2.38. The number of likely N-dealkylation sites (N-methyl/N-ethyl adjacent to an activating group) is 1. The maximum Gasteiger partial charge on any atom is 0.410 e. The second-order valence-corrected chi connectivity index (χ2v) is 14.0. The fourth-order valence-corrected chi connectivity index (χ4v) is 6.18. The Morgan fingerprint density at radius 3 is 2.61 bits per heavy atom. The van der Waals surface area contributed by atoms with Crippen molar-refractivity contribution < 1.29 is 46.8 Å². The average Bonchev–Trinajstić information content (AvgIpc) is 3.81. The molecule has 3 aliphatic rings. The Balaban J connectivity index is 0.00000392. The molecule has 10 atom stereocenters. The number of amides is 1. The minimum absolute atomic E-state index is 0.00239. The summed E-state index contributed by atoms with van der Waals surface area (Å²) in [5.41, 5.74) is -1.34. The van der Waals surface area contributed by atoms with Crippen molar-refractivity contribution in [1.82, 2.24) is 9.80 Å². The molecule has 0 bridgehead atoms. The monoisotopic (exact) mass is 654 g/mol. The molecule has 11 nitrogen and oxygen atoms in total. The molecule has 3 N–H and O–H groups in total. The highest BCUT2D eigenvalue weighted by molar-refractivity contribution is 5.70. The third-order valence-electron chi connectivity index (χ3n) is 9.80. The maximum atomic E-state index is 13.2. The van der Waals surface area contributed by atoms with Crippen LogP contribution in [0.2, 0.25) is 0 Å². The molecule has 3 rings (SSSR count). The van der Waals surface area contributed by atoms with Crippen LogP contribution in [0.15, 0.2) is 36.0 Å². The first-order chi connectivity index (χ1) is 22.6. The summed E-state index contributed by atoms with van der Waals surface area (Å²) in [6, 6.07) is 0. The Morgan fingerprint density at radius 2 is 1.98 bits per heavy atom. The zero-order valence-electron chi connectivity index (χ0n) is 31.1. The minimum Gasteiger partial charge on any atom is -0.457 e. The van der Waals surface area contributed by atoms with E-state index in [1.54, 1.807) is 43.2 Å². The molecule has 0 unspecified atom stereocenters. The topological polar surface area (TPSA) is 142 Å². The van der Waals surface area contributed by atoms with E-state index in [1.807, 2.05) is 47.7 Å². The van der Waals surface area contributed by atoms with E-state index in [0.29, 0.717) is 32.4 Å². The molecule has 0 aromatic rings. The van der Waals surface area contributed by atoms with Crippen LogP contribution in [0.25, 0.3) is 0 Å². The van der Waals surface area contributed by atoms with Crippen molar-refractivity contribution in [1.29, 1.82) is 0 Å². The van der Waals surface area contributed by atoms with Gasteiger partial charge >= 0.3 is 12.1 Å². The lowest BCUT2D eigenvalue weighted by atomic mass is 9.88. The van der Waals surface area contributed by atoms with Gasteiger partial charge in [-0.25, -0.2) is 4.79 Å². The van der Waals surface area contributed by atoms with Gasteiger partial charge in [0.15, 0.2) is 6.10 Å². The van der Waals surface area contributed by atoms with Gasteiger partial charge in [-0.3, -0.25) is 4.79 Å². The average molecular weight is 655 g/mol. The van der Waals surface area contributed by atoms with Crippen molar-refractivity contribution in [2.45, 2.75) is 121 Å². The van der Waals surface area contributed by atoms with Gasteiger partial charge in [0.2, 0.25) is 0 Å². The van der Waals surface area contributed by atoms with Crippen molar-refractivity contribution >= 4 is 12.1 Å².